The molecule has 2 nitrogen and oxygen atoms in total. The van der Waals surface area contributed by atoms with E-state index in [0.29, 0.717) is 44.0 Å². The molecule has 0 bridgehead atoms. The molecule has 0 saturated heterocycles. The van der Waals surface area contributed by atoms with Crippen LogP contribution in [-0.2, 0) is 0 Å². The second-order valence-electron chi connectivity index (χ2n) is 19.2. The predicted molar refractivity (Wildman–Crippen MR) is 295 cm³/mol. The molecule has 0 saturated carbocycles. The SMILES string of the molecule is Fc1c(F)c(F)c(-c2cccc(-n3c4ccccc4c4cc5c6ccccc6n(-c6cccc(-c7c(F)c(F)c(F)c(F)c7F)c6)c5c(-c5cc[c]([Ge]([c]6ccccc6)([c]6ccccc6)[c]6ccccc6)cc5)c43)c2)c(F)c1F. The summed E-state index contributed by atoms with van der Waals surface area (Å²) in [6.07, 6.45) is 0. The zero-order valence-electron chi connectivity index (χ0n) is 41.0. The molecule has 0 fully saturated rings. The molecule has 13 rings (SSSR count). The van der Waals surface area contributed by atoms with Crippen molar-refractivity contribution in [3.05, 3.63) is 277 Å². The van der Waals surface area contributed by atoms with E-state index in [1.54, 1.807) is 12.1 Å². The van der Waals surface area contributed by atoms with Crippen molar-refractivity contribution in [3.8, 4) is 44.8 Å². The Balaban J connectivity index is 1.17. The Kier molecular flexibility index (Phi) is 12.0. The van der Waals surface area contributed by atoms with Crippen LogP contribution >= 0.6 is 0 Å². The van der Waals surface area contributed by atoms with Crippen molar-refractivity contribution in [1.82, 2.24) is 9.13 Å². The van der Waals surface area contributed by atoms with Gasteiger partial charge in [-0.2, -0.15) is 0 Å². The van der Waals surface area contributed by atoms with E-state index in [1.807, 2.05) is 130 Å². The van der Waals surface area contributed by atoms with Crippen LogP contribution in [0.4, 0.5) is 43.9 Å². The first-order valence-electron chi connectivity index (χ1n) is 24.9. The van der Waals surface area contributed by atoms with Crippen molar-refractivity contribution in [3.63, 3.8) is 0 Å². The Labute approximate surface area is 446 Å². The van der Waals surface area contributed by atoms with Crippen LogP contribution in [0, 0.1) is 58.2 Å². The molecule has 0 aliphatic carbocycles. The van der Waals surface area contributed by atoms with Crippen LogP contribution in [0.15, 0.2) is 218 Å². The van der Waals surface area contributed by atoms with Gasteiger partial charge in [0.25, 0.3) is 0 Å². The number of halogens is 10. The van der Waals surface area contributed by atoms with Crippen molar-refractivity contribution in [2.24, 2.45) is 0 Å². The van der Waals surface area contributed by atoms with Gasteiger partial charge >= 0.3 is 370 Å². The number of hydrogen-bond donors (Lipinski definition) is 0. The second kappa shape index (κ2) is 19.1. The molecule has 13 heteroatoms. The van der Waals surface area contributed by atoms with E-state index < -0.39 is 82.6 Å². The van der Waals surface area contributed by atoms with Gasteiger partial charge in [-0.05, 0) is 0 Å². The van der Waals surface area contributed by atoms with Gasteiger partial charge in [-0.1, -0.05) is 0 Å². The van der Waals surface area contributed by atoms with Crippen molar-refractivity contribution < 1.29 is 43.9 Å². The molecular weight excluding hydrogens is 1080 g/mol. The molecule has 0 radical (unpaired) electrons. The van der Waals surface area contributed by atoms with E-state index in [1.165, 1.54) is 49.6 Å². The molecule has 0 aliphatic heterocycles. The number of nitrogens with zero attached hydrogens (tertiary/aromatic N) is 2. The molecule has 0 atom stereocenters. The van der Waals surface area contributed by atoms with Crippen molar-refractivity contribution >= 4 is 74.5 Å². The molecule has 13 aromatic rings. The summed E-state index contributed by atoms with van der Waals surface area (Å²) < 4.78 is 160. The normalized spacial score (nSPS) is 11.9. The average molecular weight is 1120 g/mol. The van der Waals surface area contributed by atoms with Crippen LogP contribution in [0.1, 0.15) is 0 Å². The number of rotatable bonds is 9. The summed E-state index contributed by atoms with van der Waals surface area (Å²) in [4.78, 5) is 0. The van der Waals surface area contributed by atoms with E-state index in [4.69, 9.17) is 0 Å². The van der Waals surface area contributed by atoms with E-state index in [-0.39, 0.29) is 22.5 Å². The molecule has 2 heterocycles. The van der Waals surface area contributed by atoms with E-state index in [2.05, 4.69) is 48.5 Å². The summed E-state index contributed by atoms with van der Waals surface area (Å²) in [6, 6.07) is 67.7. The van der Waals surface area contributed by atoms with Gasteiger partial charge in [-0.15, -0.1) is 0 Å². The minimum Gasteiger partial charge on any atom is -0.203 e. The molecule has 0 amide bonds. The van der Waals surface area contributed by atoms with Gasteiger partial charge in [0.05, 0.1) is 0 Å². The molecule has 0 spiro atoms. The monoisotopic (exact) mass is 1120 g/mol. The van der Waals surface area contributed by atoms with Gasteiger partial charge in [-0.25, -0.2) is 43.9 Å². The summed E-state index contributed by atoms with van der Waals surface area (Å²) in [5.74, 6) is -21.0. The van der Waals surface area contributed by atoms with Gasteiger partial charge in [-0.3, -0.25) is 0 Å². The van der Waals surface area contributed by atoms with Gasteiger partial charge in [0.1, 0.15) is 0 Å². The third kappa shape index (κ3) is 7.48. The van der Waals surface area contributed by atoms with Crippen LogP contribution in [-0.4, -0.2) is 22.4 Å². The standard InChI is InChI=1S/C66H36F10GeN2/c67-55-52(56(68)60(72)63(75)59(55)71)38-16-14-24-44(34-38)78-50-28-12-10-26-46(50)48-36-49-47-27-11-13-29-51(47)79(45-25-15-17-39(35-45)53-57(69)61(73)64(76)62(74)58(53)70)66(49)54(65(48)78)37-30-32-43(33-31-37)77(40-18-4-1-5-19-40,41-20-6-2-7-21-41)42-22-8-3-9-23-42/h1-36H. The second-order valence-corrected chi connectivity index (χ2v) is 27.2. The number of benzene rings is 11. The summed E-state index contributed by atoms with van der Waals surface area (Å²) in [7, 11) is 0. The maximum absolute atomic E-state index is 15.7. The van der Waals surface area contributed by atoms with Crippen LogP contribution < -0.4 is 17.6 Å². The Morgan fingerprint density at radius 2 is 0.570 bits per heavy atom. The predicted octanol–water partition coefficient (Wildman–Crippen LogP) is 15.7. The van der Waals surface area contributed by atoms with Crippen LogP contribution in [0.25, 0.3) is 88.4 Å². The third-order valence-electron chi connectivity index (χ3n) is 15.0. The van der Waals surface area contributed by atoms with E-state index in [9.17, 15) is 26.3 Å². The molecule has 79 heavy (non-hydrogen) atoms. The topological polar surface area (TPSA) is 9.86 Å². The zero-order chi connectivity index (χ0) is 54.4. The number of hydrogen-bond acceptors (Lipinski definition) is 0. The van der Waals surface area contributed by atoms with Gasteiger partial charge < -0.3 is 0 Å². The molecule has 0 aliphatic rings. The summed E-state index contributed by atoms with van der Waals surface area (Å²) in [5.41, 5.74) is 1.26. The first-order chi connectivity index (χ1) is 38.4. The zero-order valence-corrected chi connectivity index (χ0v) is 43.1. The molecular formula is C66H36F10GeN2. The van der Waals surface area contributed by atoms with Crippen LogP contribution in [0.5, 0.6) is 0 Å². The maximum atomic E-state index is 15.7. The average Bonchev–Trinajstić information content (AvgIpc) is 4.26. The Bertz CT molecular complexity index is 4240. The molecule has 2 aromatic heterocycles. The third-order valence-corrected chi connectivity index (χ3v) is 25.1. The van der Waals surface area contributed by atoms with Crippen LogP contribution in [0.3, 0.4) is 0 Å². The quantitative estimate of drug-likeness (QED) is 0.0590. The molecule has 384 valence electrons. The van der Waals surface area contributed by atoms with E-state index >= 15 is 17.6 Å². The molecule has 0 N–H and O–H groups in total. The Morgan fingerprint density at radius 1 is 0.241 bits per heavy atom. The first-order valence-corrected chi connectivity index (χ1v) is 29.1. The minimum atomic E-state index is -3.90. The fraction of sp³-hybridized carbons (Fsp3) is 0. The fourth-order valence-corrected chi connectivity index (χ4v) is 21.6. The molecule has 11 aromatic carbocycles. The fourth-order valence-electron chi connectivity index (χ4n) is 11.7. The number of para-hydroxylation sites is 2. The Hall–Kier alpha value is -9.14. The van der Waals surface area contributed by atoms with Gasteiger partial charge in [0.15, 0.2) is 23.3 Å². The van der Waals surface area contributed by atoms with Gasteiger partial charge in [0.2, 0.25) is 11.6 Å². The minimum absolute atomic E-state index is 0.284. The Morgan fingerprint density at radius 3 is 0.949 bits per heavy atom. The summed E-state index contributed by atoms with van der Waals surface area (Å²) in [6.45, 7) is 0. The van der Waals surface area contributed by atoms with Crippen molar-refractivity contribution in [2.45, 2.75) is 0 Å². The number of aromatic nitrogens is 2. The first kappa shape index (κ1) is 49.4. The van der Waals surface area contributed by atoms with Gasteiger partial charge in [0, 0.05) is 0 Å². The van der Waals surface area contributed by atoms with E-state index in [0.717, 1.165) is 15.2 Å². The van der Waals surface area contributed by atoms with Crippen molar-refractivity contribution in [1.29, 1.82) is 0 Å². The summed E-state index contributed by atoms with van der Waals surface area (Å²) >= 11 is -3.90. The smallest absolute Gasteiger partial charge is 0.203 e. The number of fused-ring (bicyclic) bond motifs is 6. The summed E-state index contributed by atoms with van der Waals surface area (Å²) in [5, 5.41) is 2.86. The van der Waals surface area contributed by atoms with Crippen molar-refractivity contribution in [2.75, 3.05) is 0 Å². The molecule has 0 unspecified atom stereocenters. The van der Waals surface area contributed by atoms with Crippen LogP contribution in [0.2, 0.25) is 0 Å².